The van der Waals surface area contributed by atoms with Crippen LogP contribution in [0.1, 0.15) is 11.5 Å². The van der Waals surface area contributed by atoms with E-state index in [0.717, 1.165) is 28.2 Å². The van der Waals surface area contributed by atoms with Gasteiger partial charge in [0.1, 0.15) is 5.82 Å². The molecule has 0 amide bonds. The van der Waals surface area contributed by atoms with Gasteiger partial charge in [0, 0.05) is 27.7 Å². The first-order valence-corrected chi connectivity index (χ1v) is 7.45. The van der Waals surface area contributed by atoms with Crippen molar-refractivity contribution < 1.29 is 0 Å². The van der Waals surface area contributed by atoms with E-state index < -0.39 is 0 Å². The summed E-state index contributed by atoms with van der Waals surface area (Å²) in [4.78, 5) is 9.96. The van der Waals surface area contributed by atoms with Crippen LogP contribution in [0.5, 0.6) is 0 Å². The van der Waals surface area contributed by atoms with Crippen LogP contribution >= 0.6 is 27.7 Å². The maximum Gasteiger partial charge on any atom is 0.138 e. The number of hydrogen-bond acceptors (Lipinski definition) is 4. The standard InChI is InChI=1S/C13H14BrN3S/c14-10-2-1-3-12(8-10)18-9-13-16-7-5-11(17-13)4-6-15/h1-3,5,7-8H,4,6,9,15H2. The van der Waals surface area contributed by atoms with Crippen molar-refractivity contribution in [1.82, 2.24) is 9.97 Å². The van der Waals surface area contributed by atoms with Crippen LogP contribution in [0.2, 0.25) is 0 Å². The largest absolute Gasteiger partial charge is 0.330 e. The summed E-state index contributed by atoms with van der Waals surface area (Å²) in [6.45, 7) is 0.620. The van der Waals surface area contributed by atoms with Gasteiger partial charge in [-0.1, -0.05) is 22.0 Å². The first-order chi connectivity index (χ1) is 8.78. The normalized spacial score (nSPS) is 10.6. The van der Waals surface area contributed by atoms with Gasteiger partial charge in [0.2, 0.25) is 0 Å². The molecule has 5 heteroatoms. The molecule has 1 aromatic carbocycles. The van der Waals surface area contributed by atoms with Crippen LogP contribution in [0, 0.1) is 0 Å². The monoisotopic (exact) mass is 323 g/mol. The predicted octanol–water partition coefficient (Wildman–Crippen LogP) is 3.03. The third-order valence-corrected chi connectivity index (χ3v) is 3.81. The van der Waals surface area contributed by atoms with Crippen molar-refractivity contribution in [3.8, 4) is 0 Å². The fourth-order valence-corrected chi connectivity index (χ4v) is 2.87. The maximum atomic E-state index is 5.52. The van der Waals surface area contributed by atoms with Gasteiger partial charge in [-0.15, -0.1) is 11.8 Å². The molecule has 0 aliphatic heterocycles. The Morgan fingerprint density at radius 3 is 2.94 bits per heavy atom. The Morgan fingerprint density at radius 1 is 1.28 bits per heavy atom. The number of hydrogen-bond donors (Lipinski definition) is 1. The highest BCUT2D eigenvalue weighted by Crippen LogP contribution is 2.24. The van der Waals surface area contributed by atoms with Crippen molar-refractivity contribution in [2.24, 2.45) is 5.73 Å². The predicted molar refractivity (Wildman–Crippen MR) is 78.5 cm³/mol. The molecule has 0 atom stereocenters. The van der Waals surface area contributed by atoms with Gasteiger partial charge in [0.15, 0.2) is 0 Å². The minimum Gasteiger partial charge on any atom is -0.330 e. The van der Waals surface area contributed by atoms with E-state index in [1.54, 1.807) is 18.0 Å². The van der Waals surface area contributed by atoms with Gasteiger partial charge in [0.25, 0.3) is 0 Å². The highest BCUT2D eigenvalue weighted by Gasteiger charge is 2.01. The number of aromatic nitrogens is 2. The first-order valence-electron chi connectivity index (χ1n) is 5.67. The van der Waals surface area contributed by atoms with E-state index >= 15 is 0 Å². The molecule has 94 valence electrons. The first kappa shape index (κ1) is 13.5. The van der Waals surface area contributed by atoms with Crippen molar-refractivity contribution in [1.29, 1.82) is 0 Å². The zero-order valence-electron chi connectivity index (χ0n) is 9.84. The van der Waals surface area contributed by atoms with Crippen LogP contribution in [0.25, 0.3) is 0 Å². The lowest BCUT2D eigenvalue weighted by Gasteiger charge is -2.03. The molecule has 0 saturated carbocycles. The molecule has 2 aromatic rings. The molecular formula is C13H14BrN3S. The maximum absolute atomic E-state index is 5.52. The van der Waals surface area contributed by atoms with Crippen molar-refractivity contribution >= 4 is 27.7 Å². The van der Waals surface area contributed by atoms with E-state index in [9.17, 15) is 0 Å². The third-order valence-electron chi connectivity index (χ3n) is 2.33. The lowest BCUT2D eigenvalue weighted by atomic mass is 10.3. The second-order valence-corrected chi connectivity index (χ2v) is 5.71. The molecule has 18 heavy (non-hydrogen) atoms. The number of halogens is 1. The van der Waals surface area contributed by atoms with E-state index in [-0.39, 0.29) is 0 Å². The number of nitrogens with two attached hydrogens (primary N) is 1. The summed E-state index contributed by atoms with van der Waals surface area (Å²) in [6.07, 6.45) is 2.60. The Hall–Kier alpha value is -0.910. The fraction of sp³-hybridized carbons (Fsp3) is 0.231. The van der Waals surface area contributed by atoms with E-state index in [1.165, 1.54) is 4.90 Å². The van der Waals surface area contributed by atoms with Crippen molar-refractivity contribution in [3.05, 3.63) is 52.5 Å². The number of benzene rings is 1. The summed E-state index contributed by atoms with van der Waals surface area (Å²) >= 11 is 5.19. The minimum atomic E-state index is 0.620. The van der Waals surface area contributed by atoms with Gasteiger partial charge in [-0.2, -0.15) is 0 Å². The summed E-state index contributed by atoms with van der Waals surface area (Å²) in [7, 11) is 0. The molecule has 0 aliphatic carbocycles. The quantitative estimate of drug-likeness (QED) is 0.859. The number of nitrogens with zero attached hydrogens (tertiary/aromatic N) is 2. The van der Waals surface area contributed by atoms with Crippen LogP contribution in [0.3, 0.4) is 0 Å². The lowest BCUT2D eigenvalue weighted by molar-refractivity contribution is 0.883. The summed E-state index contributed by atoms with van der Waals surface area (Å²) in [5.41, 5.74) is 6.53. The molecule has 0 fully saturated rings. The summed E-state index contributed by atoms with van der Waals surface area (Å²) in [5.74, 6) is 1.63. The zero-order chi connectivity index (χ0) is 12.8. The molecule has 1 heterocycles. The van der Waals surface area contributed by atoms with Crippen LogP contribution in [-0.2, 0) is 12.2 Å². The highest BCUT2D eigenvalue weighted by atomic mass is 79.9. The van der Waals surface area contributed by atoms with Crippen LogP contribution in [0.4, 0.5) is 0 Å². The molecule has 3 nitrogen and oxygen atoms in total. The second kappa shape index (κ2) is 6.87. The molecule has 2 N–H and O–H groups in total. The number of rotatable bonds is 5. The smallest absolute Gasteiger partial charge is 0.138 e. The molecule has 0 radical (unpaired) electrons. The van der Waals surface area contributed by atoms with Crippen LogP contribution < -0.4 is 5.73 Å². The summed E-state index contributed by atoms with van der Waals surface area (Å²) in [6, 6.07) is 10.1. The molecule has 1 aromatic heterocycles. The van der Waals surface area contributed by atoms with Crippen LogP contribution in [-0.4, -0.2) is 16.5 Å². The Bertz CT molecular complexity index is 519. The topological polar surface area (TPSA) is 51.8 Å². The minimum absolute atomic E-state index is 0.620. The Balaban J connectivity index is 1.99. The molecule has 0 spiro atoms. The van der Waals surface area contributed by atoms with E-state index in [4.69, 9.17) is 5.73 Å². The van der Waals surface area contributed by atoms with Crippen LogP contribution in [0.15, 0.2) is 45.9 Å². The van der Waals surface area contributed by atoms with Gasteiger partial charge in [0.05, 0.1) is 5.75 Å². The molecular weight excluding hydrogens is 310 g/mol. The van der Waals surface area contributed by atoms with Crippen molar-refractivity contribution in [3.63, 3.8) is 0 Å². The molecule has 0 saturated heterocycles. The van der Waals surface area contributed by atoms with E-state index in [1.807, 2.05) is 18.2 Å². The Labute approximate surface area is 119 Å². The molecule has 0 aliphatic rings. The average Bonchev–Trinajstić information content (AvgIpc) is 2.37. The van der Waals surface area contributed by atoms with Gasteiger partial charge < -0.3 is 5.73 Å². The molecule has 0 bridgehead atoms. The fourth-order valence-electron chi connectivity index (χ4n) is 1.50. The SMILES string of the molecule is NCCc1ccnc(CSc2cccc(Br)c2)n1. The zero-order valence-corrected chi connectivity index (χ0v) is 12.2. The summed E-state index contributed by atoms with van der Waals surface area (Å²) in [5, 5.41) is 0. The van der Waals surface area contributed by atoms with Gasteiger partial charge in [-0.05, 0) is 30.8 Å². The summed E-state index contributed by atoms with van der Waals surface area (Å²) < 4.78 is 1.09. The number of thioether (sulfide) groups is 1. The molecule has 2 rings (SSSR count). The van der Waals surface area contributed by atoms with Crippen molar-refractivity contribution in [2.75, 3.05) is 6.54 Å². The van der Waals surface area contributed by atoms with E-state index in [2.05, 4.69) is 38.0 Å². The van der Waals surface area contributed by atoms with Crippen molar-refractivity contribution in [2.45, 2.75) is 17.1 Å². The third kappa shape index (κ3) is 4.08. The molecule has 0 unspecified atom stereocenters. The van der Waals surface area contributed by atoms with Gasteiger partial charge in [-0.3, -0.25) is 0 Å². The Morgan fingerprint density at radius 2 is 2.17 bits per heavy atom. The highest BCUT2D eigenvalue weighted by molar-refractivity contribution is 9.10. The van der Waals surface area contributed by atoms with Gasteiger partial charge in [-0.25, -0.2) is 9.97 Å². The van der Waals surface area contributed by atoms with E-state index in [0.29, 0.717) is 6.54 Å². The average molecular weight is 324 g/mol. The lowest BCUT2D eigenvalue weighted by Crippen LogP contribution is -2.06. The van der Waals surface area contributed by atoms with Gasteiger partial charge >= 0.3 is 0 Å². The Kier molecular flexibility index (Phi) is 5.16. The second-order valence-electron chi connectivity index (χ2n) is 3.75.